The number of ether oxygens (including phenoxy) is 3. The fourth-order valence-electron chi connectivity index (χ4n) is 3.03. The normalized spacial score (nSPS) is 11.8. The van der Waals surface area contributed by atoms with Gasteiger partial charge in [0.2, 0.25) is 0 Å². The first kappa shape index (κ1) is 20.3. The van der Waals surface area contributed by atoms with Gasteiger partial charge in [-0.25, -0.2) is 14.3 Å². The molecule has 2 aromatic heterocycles. The molecule has 0 saturated heterocycles. The van der Waals surface area contributed by atoms with E-state index in [0.717, 1.165) is 18.2 Å². The van der Waals surface area contributed by atoms with Gasteiger partial charge in [0.05, 0.1) is 24.8 Å². The van der Waals surface area contributed by atoms with Crippen molar-refractivity contribution in [2.75, 3.05) is 13.7 Å². The lowest BCUT2D eigenvalue weighted by molar-refractivity contribution is 0.0551. The lowest BCUT2D eigenvalue weighted by atomic mass is 10.2. The van der Waals surface area contributed by atoms with Crippen LogP contribution in [0.15, 0.2) is 24.4 Å². The van der Waals surface area contributed by atoms with Gasteiger partial charge in [-0.3, -0.25) is 0 Å². The molecular formula is C21H25ClN2O4. The van der Waals surface area contributed by atoms with Gasteiger partial charge in [0, 0.05) is 23.0 Å². The number of benzene rings is 1. The van der Waals surface area contributed by atoms with E-state index in [1.165, 1.54) is 4.57 Å². The highest BCUT2D eigenvalue weighted by molar-refractivity contribution is 6.37. The maximum Gasteiger partial charge on any atom is 0.419 e. The maximum atomic E-state index is 13.0. The summed E-state index contributed by atoms with van der Waals surface area (Å²) in [5.41, 5.74) is 0.618. The number of nitrogens with zero attached hydrogens (tertiary/aromatic N) is 2. The van der Waals surface area contributed by atoms with Crippen molar-refractivity contribution in [2.24, 2.45) is 0 Å². The average molecular weight is 405 g/mol. The van der Waals surface area contributed by atoms with Crippen LogP contribution in [0.25, 0.3) is 21.8 Å². The van der Waals surface area contributed by atoms with Crippen LogP contribution in [-0.4, -0.2) is 35.0 Å². The quantitative estimate of drug-likeness (QED) is 0.396. The Labute approximate surface area is 169 Å². The summed E-state index contributed by atoms with van der Waals surface area (Å²) in [4.78, 5) is 17.2. The second kappa shape index (κ2) is 7.87. The Morgan fingerprint density at radius 3 is 2.61 bits per heavy atom. The minimum atomic E-state index is -0.635. The number of halogens is 1. The fourth-order valence-corrected chi connectivity index (χ4v) is 3.28. The van der Waals surface area contributed by atoms with Crippen molar-refractivity contribution in [2.45, 2.75) is 46.1 Å². The Kier molecular flexibility index (Phi) is 5.70. The van der Waals surface area contributed by atoms with Crippen molar-refractivity contribution in [3.8, 4) is 11.5 Å². The van der Waals surface area contributed by atoms with Crippen LogP contribution in [0.2, 0.25) is 5.15 Å². The van der Waals surface area contributed by atoms with Crippen molar-refractivity contribution in [1.29, 1.82) is 0 Å². The number of methoxy groups -OCH3 is 1. The molecule has 0 spiro atoms. The molecule has 0 saturated carbocycles. The Bertz CT molecular complexity index is 1020. The molecule has 3 rings (SSSR count). The van der Waals surface area contributed by atoms with Gasteiger partial charge in [-0.1, -0.05) is 24.9 Å². The summed E-state index contributed by atoms with van der Waals surface area (Å²) in [5, 5.41) is 1.73. The molecule has 3 aromatic rings. The minimum Gasteiger partial charge on any atom is -0.493 e. The van der Waals surface area contributed by atoms with E-state index in [9.17, 15) is 4.79 Å². The molecule has 28 heavy (non-hydrogen) atoms. The van der Waals surface area contributed by atoms with Crippen molar-refractivity contribution in [3.05, 3.63) is 29.5 Å². The molecule has 2 heterocycles. The molecule has 1 aromatic carbocycles. The van der Waals surface area contributed by atoms with Crippen molar-refractivity contribution >= 4 is 39.5 Å². The Morgan fingerprint density at radius 2 is 1.96 bits per heavy atom. The molecule has 0 N–H and O–H groups in total. The fraction of sp³-hybridized carbons (Fsp3) is 0.429. The molecule has 0 amide bonds. The molecule has 0 bridgehead atoms. The van der Waals surface area contributed by atoms with Crippen LogP contribution in [0.4, 0.5) is 4.79 Å². The van der Waals surface area contributed by atoms with Crippen LogP contribution >= 0.6 is 11.6 Å². The van der Waals surface area contributed by atoms with Gasteiger partial charge >= 0.3 is 6.09 Å². The van der Waals surface area contributed by atoms with Gasteiger partial charge in [0.1, 0.15) is 10.8 Å². The second-order valence-corrected chi connectivity index (χ2v) is 7.89. The van der Waals surface area contributed by atoms with Crippen LogP contribution in [0.5, 0.6) is 11.5 Å². The first-order chi connectivity index (χ1) is 13.3. The van der Waals surface area contributed by atoms with Gasteiger partial charge in [-0.05, 0) is 39.3 Å². The monoisotopic (exact) mass is 404 g/mol. The number of unbranched alkanes of at least 4 members (excludes halogenated alkanes) is 1. The van der Waals surface area contributed by atoms with Gasteiger partial charge in [-0.2, -0.15) is 0 Å². The molecule has 0 aliphatic heterocycles. The van der Waals surface area contributed by atoms with E-state index in [0.29, 0.717) is 39.7 Å². The van der Waals surface area contributed by atoms with Crippen LogP contribution in [0.3, 0.4) is 0 Å². The second-order valence-electron chi connectivity index (χ2n) is 7.53. The van der Waals surface area contributed by atoms with E-state index in [2.05, 4.69) is 11.9 Å². The van der Waals surface area contributed by atoms with Crippen LogP contribution < -0.4 is 9.47 Å². The van der Waals surface area contributed by atoms with Crippen molar-refractivity contribution in [1.82, 2.24) is 9.55 Å². The van der Waals surface area contributed by atoms with E-state index in [4.69, 9.17) is 25.8 Å². The Balaban J connectivity index is 2.27. The lowest BCUT2D eigenvalue weighted by Crippen LogP contribution is -2.27. The molecule has 0 radical (unpaired) electrons. The highest BCUT2D eigenvalue weighted by Gasteiger charge is 2.25. The van der Waals surface area contributed by atoms with E-state index in [1.807, 2.05) is 26.8 Å². The van der Waals surface area contributed by atoms with Crippen molar-refractivity contribution < 1.29 is 19.0 Å². The SMILES string of the molecule is CCCCOc1cc2c(cc1OC)c1c(Cl)nccc1n2C(=O)OC(C)(C)C. The summed E-state index contributed by atoms with van der Waals surface area (Å²) in [6.45, 7) is 8.15. The predicted octanol–water partition coefficient (Wildman–Crippen LogP) is 5.81. The molecule has 7 heteroatoms. The smallest absolute Gasteiger partial charge is 0.419 e. The largest absolute Gasteiger partial charge is 0.493 e. The zero-order valence-electron chi connectivity index (χ0n) is 16.8. The Morgan fingerprint density at radius 1 is 1.21 bits per heavy atom. The van der Waals surface area contributed by atoms with E-state index >= 15 is 0 Å². The van der Waals surface area contributed by atoms with Gasteiger partial charge in [-0.15, -0.1) is 0 Å². The molecule has 0 aliphatic carbocycles. The van der Waals surface area contributed by atoms with Crippen molar-refractivity contribution in [3.63, 3.8) is 0 Å². The number of pyridine rings is 1. The molecule has 0 atom stereocenters. The maximum absolute atomic E-state index is 13.0. The number of hydrogen-bond donors (Lipinski definition) is 0. The summed E-state index contributed by atoms with van der Waals surface area (Å²) >= 11 is 6.38. The molecule has 0 aliphatic rings. The highest BCUT2D eigenvalue weighted by Crippen LogP contribution is 2.40. The van der Waals surface area contributed by atoms with E-state index in [-0.39, 0.29) is 0 Å². The van der Waals surface area contributed by atoms with Crippen LogP contribution in [-0.2, 0) is 4.74 Å². The van der Waals surface area contributed by atoms with Gasteiger partial charge in [0.15, 0.2) is 11.5 Å². The third-order valence-corrected chi connectivity index (χ3v) is 4.53. The molecule has 6 nitrogen and oxygen atoms in total. The number of fused-ring (bicyclic) bond motifs is 3. The third kappa shape index (κ3) is 3.87. The summed E-state index contributed by atoms with van der Waals surface area (Å²) in [5.74, 6) is 1.15. The molecule has 150 valence electrons. The lowest BCUT2D eigenvalue weighted by Gasteiger charge is -2.20. The number of carbonyl (C=O) groups excluding carboxylic acids is 1. The van der Waals surface area contributed by atoms with Crippen LogP contribution in [0.1, 0.15) is 40.5 Å². The number of hydrogen-bond acceptors (Lipinski definition) is 5. The molecular weight excluding hydrogens is 380 g/mol. The summed E-state index contributed by atoms with van der Waals surface area (Å²) < 4.78 is 18.5. The first-order valence-electron chi connectivity index (χ1n) is 9.29. The number of aromatic nitrogens is 2. The standard InChI is InChI=1S/C21H25ClN2O4/c1-6-7-10-27-17-12-15-13(11-16(17)26-5)18-14(8-9-23-19(18)22)24(15)20(25)28-21(2,3)4/h8-9,11-12H,6-7,10H2,1-5H3. The number of rotatable bonds is 5. The first-order valence-corrected chi connectivity index (χ1v) is 9.67. The average Bonchev–Trinajstić information content (AvgIpc) is 2.94. The zero-order chi connectivity index (χ0) is 20.5. The Hall–Kier alpha value is -2.47. The zero-order valence-corrected chi connectivity index (χ0v) is 17.6. The van der Waals surface area contributed by atoms with Crippen LogP contribution in [0, 0.1) is 0 Å². The van der Waals surface area contributed by atoms with E-state index < -0.39 is 11.7 Å². The minimum absolute atomic E-state index is 0.312. The third-order valence-electron chi connectivity index (χ3n) is 4.25. The molecule has 0 unspecified atom stereocenters. The summed E-state index contributed by atoms with van der Waals surface area (Å²) in [6, 6.07) is 5.37. The predicted molar refractivity (Wildman–Crippen MR) is 111 cm³/mol. The van der Waals surface area contributed by atoms with Gasteiger partial charge < -0.3 is 14.2 Å². The van der Waals surface area contributed by atoms with E-state index in [1.54, 1.807) is 25.4 Å². The van der Waals surface area contributed by atoms with Gasteiger partial charge in [0.25, 0.3) is 0 Å². The number of carbonyl (C=O) groups is 1. The topological polar surface area (TPSA) is 62.6 Å². The summed E-state index contributed by atoms with van der Waals surface area (Å²) in [6.07, 6.45) is 3.02. The molecule has 0 fully saturated rings. The summed E-state index contributed by atoms with van der Waals surface area (Å²) in [7, 11) is 1.58. The highest BCUT2D eigenvalue weighted by atomic mass is 35.5.